The third-order valence-corrected chi connectivity index (χ3v) is 20.2. The van der Waals surface area contributed by atoms with Gasteiger partial charge >= 0.3 is 0 Å². The highest BCUT2D eigenvalue weighted by Gasteiger charge is 2.72. The first-order valence-corrected chi connectivity index (χ1v) is 19.7. The van der Waals surface area contributed by atoms with Crippen LogP contribution in [0.25, 0.3) is 0 Å². The van der Waals surface area contributed by atoms with Gasteiger partial charge in [-0.2, -0.15) is 0 Å². The summed E-state index contributed by atoms with van der Waals surface area (Å²) < 4.78 is 6.77. The number of hydrogen-bond donors (Lipinski definition) is 1. The number of aliphatic hydroxyl groups excluding tert-OH is 1. The first-order valence-electron chi connectivity index (χ1n) is 17.2. The van der Waals surface area contributed by atoms with Crippen LogP contribution in [0.5, 0.6) is 0 Å². The fourth-order valence-corrected chi connectivity index (χ4v) is 15.3. The molecule has 5 saturated carbocycles. The molecule has 0 radical (unpaired) electrons. The van der Waals surface area contributed by atoms with Gasteiger partial charge in [0.15, 0.2) is 0 Å². The molecule has 0 aliphatic heterocycles. The second kappa shape index (κ2) is 9.96. The summed E-state index contributed by atoms with van der Waals surface area (Å²) in [6.07, 6.45) is 11.2. The largest absolute Gasteiger partial charge is 0.519 e. The van der Waals surface area contributed by atoms with Crippen molar-refractivity contribution in [3.63, 3.8) is 0 Å². The van der Waals surface area contributed by atoms with E-state index in [2.05, 4.69) is 68.9 Å². The monoisotopic (exact) mass is 570 g/mol. The van der Waals surface area contributed by atoms with E-state index in [0.717, 1.165) is 56.7 Å². The molecule has 5 fully saturated rings. The molecule has 0 amide bonds. The molecule has 3 nitrogen and oxygen atoms in total. The fraction of sp³-hybridized carbons (Fsp3) is 0.917. The highest BCUT2D eigenvalue weighted by atomic mass is 28.4. The topological polar surface area (TPSA) is 46.5 Å². The molecule has 5 aliphatic carbocycles. The Morgan fingerprint density at radius 1 is 0.825 bits per heavy atom. The second-order valence-electron chi connectivity index (χ2n) is 16.9. The van der Waals surface area contributed by atoms with E-state index >= 15 is 0 Å². The predicted octanol–water partition coefficient (Wildman–Crippen LogP) is 9.55. The summed E-state index contributed by atoms with van der Waals surface area (Å²) in [5.74, 6) is 2.84. The second-order valence-corrected chi connectivity index (χ2v) is 21.5. The molecule has 10 atom stereocenters. The highest BCUT2D eigenvalue weighted by Crippen LogP contribution is 2.77. The SMILES string of the molecule is C=C(C)[C@@H]1CC[C@]2(C(=O)O[Si](CC)(CC)CC)CC[C@]3(C)[C@H](CC[C@@H]4[C@@]5(C)CC[C@H](O)C(C)(C)[C@@H]5CC[C@]43C)[C@@H]12. The predicted molar refractivity (Wildman–Crippen MR) is 168 cm³/mol. The van der Waals surface area contributed by atoms with E-state index in [1.165, 1.54) is 31.3 Å². The quantitative estimate of drug-likeness (QED) is 0.255. The lowest BCUT2D eigenvalue weighted by molar-refractivity contribution is -0.247. The maximum absolute atomic E-state index is 14.5. The van der Waals surface area contributed by atoms with Crippen LogP contribution in [0.1, 0.15) is 127 Å². The Labute approximate surface area is 247 Å². The van der Waals surface area contributed by atoms with Crippen molar-refractivity contribution in [2.75, 3.05) is 0 Å². The van der Waals surface area contributed by atoms with Crippen molar-refractivity contribution in [1.82, 2.24) is 0 Å². The lowest BCUT2D eigenvalue weighted by Crippen LogP contribution is -2.67. The van der Waals surface area contributed by atoms with Gasteiger partial charge in [0.2, 0.25) is 0 Å². The first-order chi connectivity index (χ1) is 18.6. The zero-order valence-electron chi connectivity index (χ0n) is 27.6. The number of fused-ring (bicyclic) bond motifs is 7. The van der Waals surface area contributed by atoms with E-state index in [9.17, 15) is 9.90 Å². The summed E-state index contributed by atoms with van der Waals surface area (Å²) in [6.45, 7) is 26.1. The van der Waals surface area contributed by atoms with Gasteiger partial charge in [-0.05, 0) is 141 Å². The van der Waals surface area contributed by atoms with E-state index in [-0.39, 0.29) is 39.1 Å². The van der Waals surface area contributed by atoms with Crippen LogP contribution in [0, 0.1) is 56.7 Å². The lowest BCUT2D eigenvalue weighted by Gasteiger charge is -2.72. The van der Waals surface area contributed by atoms with Gasteiger partial charge in [-0.25, -0.2) is 0 Å². The van der Waals surface area contributed by atoms with Crippen LogP contribution in [0.15, 0.2) is 12.2 Å². The van der Waals surface area contributed by atoms with Gasteiger partial charge in [0, 0.05) is 0 Å². The van der Waals surface area contributed by atoms with E-state index < -0.39 is 8.32 Å². The van der Waals surface area contributed by atoms with E-state index in [1.54, 1.807) is 0 Å². The number of rotatable bonds is 6. The molecule has 0 aromatic heterocycles. The van der Waals surface area contributed by atoms with Gasteiger partial charge in [0.05, 0.1) is 11.5 Å². The van der Waals surface area contributed by atoms with Crippen LogP contribution in [0.2, 0.25) is 18.1 Å². The number of carbonyl (C=O) groups is 1. The van der Waals surface area contributed by atoms with Crippen LogP contribution >= 0.6 is 0 Å². The summed E-state index contributed by atoms with van der Waals surface area (Å²) in [5.41, 5.74) is 1.75. The van der Waals surface area contributed by atoms with Gasteiger partial charge in [-0.1, -0.05) is 67.5 Å². The van der Waals surface area contributed by atoms with Crippen molar-refractivity contribution in [3.05, 3.63) is 12.2 Å². The van der Waals surface area contributed by atoms with E-state index in [0.29, 0.717) is 29.6 Å². The summed E-state index contributed by atoms with van der Waals surface area (Å²) in [6, 6.07) is 3.09. The molecule has 40 heavy (non-hydrogen) atoms. The number of aliphatic hydroxyl groups is 1. The zero-order valence-corrected chi connectivity index (χ0v) is 28.6. The molecular weight excluding hydrogens is 508 g/mol. The number of hydrogen-bond acceptors (Lipinski definition) is 3. The fourth-order valence-electron chi connectivity index (χ4n) is 12.8. The minimum Gasteiger partial charge on any atom is -0.519 e. The van der Waals surface area contributed by atoms with Gasteiger partial charge in [0.25, 0.3) is 14.3 Å². The molecule has 4 heteroatoms. The van der Waals surface area contributed by atoms with Crippen molar-refractivity contribution in [3.8, 4) is 0 Å². The van der Waals surface area contributed by atoms with Crippen LogP contribution in [0.4, 0.5) is 0 Å². The molecule has 0 aromatic rings. The Bertz CT molecular complexity index is 1010. The molecule has 0 aromatic carbocycles. The maximum Gasteiger partial charge on any atom is 0.299 e. The Morgan fingerprint density at radius 2 is 1.48 bits per heavy atom. The van der Waals surface area contributed by atoms with Crippen LogP contribution < -0.4 is 0 Å². The standard InChI is InChI=1S/C36H62O3Si/c1-11-40(12-2,13-3)39-31(38)36-21-16-25(24(4)5)30(36)26-14-15-28-33(8)19-18-29(37)32(6,7)27(33)17-20-35(28,10)34(26,9)22-23-36/h25-30,37H,4,11-23H2,1-3,5-10H3/t25-,26+,27-,28+,29-,30+,33-,34+,35+,36-/m0/s1. The molecule has 228 valence electrons. The van der Waals surface area contributed by atoms with Gasteiger partial charge in [0.1, 0.15) is 0 Å². The molecule has 1 N–H and O–H groups in total. The van der Waals surface area contributed by atoms with Crippen molar-refractivity contribution in [2.45, 2.75) is 151 Å². The average Bonchev–Trinajstić information content (AvgIpc) is 3.31. The minimum absolute atomic E-state index is 0.0116. The Morgan fingerprint density at radius 3 is 2.08 bits per heavy atom. The van der Waals surface area contributed by atoms with Crippen molar-refractivity contribution in [1.29, 1.82) is 0 Å². The first kappa shape index (κ1) is 30.8. The third-order valence-electron chi connectivity index (χ3n) is 15.7. The normalized spacial score (nSPS) is 47.9. The summed E-state index contributed by atoms with van der Waals surface area (Å²) >= 11 is 0. The Balaban J connectivity index is 1.53. The highest BCUT2D eigenvalue weighted by molar-refractivity contribution is 6.75. The van der Waals surface area contributed by atoms with Crippen molar-refractivity contribution >= 4 is 14.3 Å². The van der Waals surface area contributed by atoms with E-state index in [4.69, 9.17) is 4.43 Å². The van der Waals surface area contributed by atoms with Crippen LogP contribution in [-0.2, 0) is 9.22 Å². The smallest absolute Gasteiger partial charge is 0.299 e. The summed E-state index contributed by atoms with van der Waals surface area (Å²) in [7, 11) is -2.03. The molecule has 0 bridgehead atoms. The molecule has 0 heterocycles. The van der Waals surface area contributed by atoms with Crippen LogP contribution in [0.3, 0.4) is 0 Å². The lowest BCUT2D eigenvalue weighted by atomic mass is 9.32. The molecule has 5 aliphatic rings. The van der Waals surface area contributed by atoms with Gasteiger partial charge < -0.3 is 9.53 Å². The maximum atomic E-state index is 14.5. The summed E-state index contributed by atoms with van der Waals surface area (Å²) in [5, 5.41) is 11.0. The average molecular weight is 571 g/mol. The van der Waals surface area contributed by atoms with Crippen LogP contribution in [-0.4, -0.2) is 25.5 Å². The third kappa shape index (κ3) is 3.92. The molecule has 0 spiro atoms. The molecule has 0 saturated heterocycles. The molecule has 5 rings (SSSR count). The number of allylic oxidation sites excluding steroid dienone is 1. The van der Waals surface area contributed by atoms with Crippen molar-refractivity contribution < 1.29 is 14.3 Å². The van der Waals surface area contributed by atoms with E-state index in [1.807, 2.05) is 0 Å². The van der Waals surface area contributed by atoms with Crippen molar-refractivity contribution in [2.24, 2.45) is 56.7 Å². The van der Waals surface area contributed by atoms with Gasteiger partial charge in [-0.3, -0.25) is 4.79 Å². The Hall–Kier alpha value is -0.613. The minimum atomic E-state index is -2.03. The van der Waals surface area contributed by atoms with Gasteiger partial charge in [-0.15, -0.1) is 0 Å². The molecular formula is C36H62O3Si. The Kier molecular flexibility index (Phi) is 7.68. The molecule has 0 unspecified atom stereocenters. The summed E-state index contributed by atoms with van der Waals surface area (Å²) in [4.78, 5) is 14.5. The number of carbonyl (C=O) groups excluding carboxylic acids is 1. The zero-order chi connectivity index (χ0) is 29.5.